The van der Waals surface area contributed by atoms with Crippen molar-refractivity contribution in [1.29, 1.82) is 0 Å². The third-order valence-corrected chi connectivity index (χ3v) is 11.3. The molecule has 0 saturated carbocycles. The Morgan fingerprint density at radius 1 is 0.482 bits per heavy atom. The zero-order chi connectivity index (χ0) is 41.4. The lowest BCUT2D eigenvalue weighted by molar-refractivity contribution is -0.161. The quantitative estimate of drug-likeness (QED) is 0.0303. The number of carboxylic acids is 1. The Hall–Kier alpha value is -1.52. The van der Waals surface area contributed by atoms with Gasteiger partial charge in [-0.05, 0) is 12.8 Å². The number of carbonyl (C=O) groups excluding carboxylic acids is 2. The lowest BCUT2D eigenvalue weighted by Crippen LogP contribution is -2.34. The number of unbranched alkanes of at least 4 members (excludes halogenated alkanes) is 30. The van der Waals surface area contributed by atoms with E-state index in [1.807, 2.05) is 0 Å². The van der Waals surface area contributed by atoms with Gasteiger partial charge in [0.15, 0.2) is 6.10 Å². The highest BCUT2D eigenvalue weighted by atomic mass is 31.2. The number of nitrogens with two attached hydrogens (primary N) is 1. The first-order valence-corrected chi connectivity index (χ1v) is 24.6. The predicted octanol–water partition coefficient (Wildman–Crippen LogP) is 12.3. The van der Waals surface area contributed by atoms with E-state index in [1.165, 1.54) is 154 Å². The molecule has 0 bridgehead atoms. The molecule has 0 fully saturated rings. The van der Waals surface area contributed by atoms with Gasteiger partial charge < -0.3 is 25.2 Å². The Morgan fingerprint density at radius 3 is 1.12 bits per heavy atom. The molecule has 4 N–H and O–H groups in total. The van der Waals surface area contributed by atoms with E-state index in [2.05, 4.69) is 18.4 Å². The highest BCUT2D eigenvalue weighted by Crippen LogP contribution is 2.43. The van der Waals surface area contributed by atoms with Crippen LogP contribution in [0.1, 0.15) is 232 Å². The Labute approximate surface area is 342 Å². The molecule has 0 rings (SSSR count). The third-order valence-electron chi connectivity index (χ3n) is 10.4. The van der Waals surface area contributed by atoms with Crippen molar-refractivity contribution in [1.82, 2.24) is 0 Å². The van der Waals surface area contributed by atoms with Gasteiger partial charge in [0.1, 0.15) is 12.6 Å². The van der Waals surface area contributed by atoms with E-state index >= 15 is 0 Å². The summed E-state index contributed by atoms with van der Waals surface area (Å²) in [5.41, 5.74) is 5.33. The average molecular weight is 820 g/mol. The number of esters is 2. The normalized spacial score (nSPS) is 13.6. The van der Waals surface area contributed by atoms with E-state index in [4.69, 9.17) is 24.8 Å². The fourth-order valence-corrected chi connectivity index (χ4v) is 7.49. The molecule has 3 atom stereocenters. The molecule has 0 aliphatic carbocycles. The molecule has 0 aromatic carbocycles. The van der Waals surface area contributed by atoms with Crippen LogP contribution in [0.3, 0.4) is 0 Å². The summed E-state index contributed by atoms with van der Waals surface area (Å²) in [5, 5.41) is 8.89. The highest BCUT2D eigenvalue weighted by Gasteiger charge is 2.28. The standard InChI is InChI=1S/C44H86NO10P/c1-3-5-7-9-11-13-15-16-17-18-19-20-21-22-23-24-26-28-30-32-34-36-43(47)55-40(38-53-56(50,51)54-39-41(45)44(48)49)37-52-42(46)35-33-31-29-27-25-14-12-10-8-6-4-2/h40-41H,3-39,45H2,1-2H3,(H,48,49)(H,50,51)/t40-,41-/m0/s1. The van der Waals surface area contributed by atoms with E-state index in [1.54, 1.807) is 0 Å². The second-order valence-electron chi connectivity index (χ2n) is 15.9. The molecule has 0 aliphatic rings. The molecule has 0 aliphatic heterocycles. The van der Waals surface area contributed by atoms with Gasteiger partial charge >= 0.3 is 25.7 Å². The van der Waals surface area contributed by atoms with Crippen LogP contribution >= 0.6 is 7.82 Å². The molecule has 12 heteroatoms. The third kappa shape index (κ3) is 39.3. The van der Waals surface area contributed by atoms with Gasteiger partial charge in [0.05, 0.1) is 13.2 Å². The number of ether oxygens (including phenoxy) is 2. The average Bonchev–Trinajstić information content (AvgIpc) is 3.17. The predicted molar refractivity (Wildman–Crippen MR) is 227 cm³/mol. The maximum atomic E-state index is 12.6. The monoisotopic (exact) mass is 820 g/mol. The topological polar surface area (TPSA) is 172 Å². The molecule has 0 saturated heterocycles. The summed E-state index contributed by atoms with van der Waals surface area (Å²) < 4.78 is 32.7. The van der Waals surface area contributed by atoms with Gasteiger partial charge in [0, 0.05) is 12.8 Å². The van der Waals surface area contributed by atoms with Gasteiger partial charge in [-0.3, -0.25) is 23.4 Å². The summed E-state index contributed by atoms with van der Waals surface area (Å²) in [6.45, 7) is 2.83. The fourth-order valence-electron chi connectivity index (χ4n) is 6.71. The summed E-state index contributed by atoms with van der Waals surface area (Å²) in [6.07, 6.45) is 38.9. The molecule has 1 unspecified atom stereocenters. The number of rotatable bonds is 44. The molecule has 332 valence electrons. The van der Waals surface area contributed by atoms with Crippen LogP contribution in [0.5, 0.6) is 0 Å². The summed E-state index contributed by atoms with van der Waals surface area (Å²) in [4.78, 5) is 45.9. The van der Waals surface area contributed by atoms with Crippen LogP contribution in [0.25, 0.3) is 0 Å². The Morgan fingerprint density at radius 2 is 0.786 bits per heavy atom. The number of hydrogen-bond acceptors (Lipinski definition) is 9. The summed E-state index contributed by atoms with van der Waals surface area (Å²) in [6, 6.07) is -1.52. The van der Waals surface area contributed by atoms with Crippen LogP contribution < -0.4 is 5.73 Å². The van der Waals surface area contributed by atoms with Gasteiger partial charge in [0.2, 0.25) is 0 Å². The lowest BCUT2D eigenvalue weighted by Gasteiger charge is -2.20. The number of carboxylic acid groups (broad SMARTS) is 1. The number of hydrogen-bond donors (Lipinski definition) is 3. The lowest BCUT2D eigenvalue weighted by atomic mass is 10.0. The van der Waals surface area contributed by atoms with Gasteiger partial charge in [-0.25, -0.2) is 4.57 Å². The van der Waals surface area contributed by atoms with Crippen LogP contribution in [0.15, 0.2) is 0 Å². The number of aliphatic carboxylic acids is 1. The van der Waals surface area contributed by atoms with Crippen LogP contribution in [-0.2, 0) is 37.5 Å². The van der Waals surface area contributed by atoms with Gasteiger partial charge in [-0.2, -0.15) is 0 Å². The largest absolute Gasteiger partial charge is 0.480 e. The summed E-state index contributed by atoms with van der Waals surface area (Å²) >= 11 is 0. The van der Waals surface area contributed by atoms with Crippen LogP contribution in [0.4, 0.5) is 0 Å². The molecule has 0 spiro atoms. The SMILES string of the molecule is CCCCCCCCCCCCCCCCCCCCCCCC(=O)O[C@@H](COC(=O)CCCCCCCCCCCCC)COP(=O)(O)OC[C@H](N)C(=O)O. The van der Waals surface area contributed by atoms with Crippen molar-refractivity contribution in [2.45, 2.75) is 244 Å². The number of phosphoric acid groups is 1. The summed E-state index contributed by atoms with van der Waals surface area (Å²) in [7, 11) is -4.71. The first kappa shape index (κ1) is 54.5. The van der Waals surface area contributed by atoms with E-state index in [0.29, 0.717) is 12.8 Å². The first-order valence-electron chi connectivity index (χ1n) is 23.1. The molecular formula is C44H86NO10P. The highest BCUT2D eigenvalue weighted by molar-refractivity contribution is 7.47. The van der Waals surface area contributed by atoms with Crippen molar-refractivity contribution in [2.75, 3.05) is 19.8 Å². The minimum Gasteiger partial charge on any atom is -0.480 e. The number of phosphoric ester groups is 1. The molecule has 0 aromatic rings. The Balaban J connectivity index is 4.20. The molecule has 11 nitrogen and oxygen atoms in total. The Kier molecular flexibility index (Phi) is 39.2. The van der Waals surface area contributed by atoms with E-state index < -0.39 is 51.1 Å². The molecule has 0 aromatic heterocycles. The fraction of sp³-hybridized carbons (Fsp3) is 0.932. The van der Waals surface area contributed by atoms with E-state index in [-0.39, 0.29) is 19.4 Å². The minimum absolute atomic E-state index is 0.170. The molecular weight excluding hydrogens is 733 g/mol. The van der Waals surface area contributed by atoms with Crippen molar-refractivity contribution >= 4 is 25.7 Å². The second kappa shape index (κ2) is 40.3. The van der Waals surface area contributed by atoms with Gasteiger partial charge in [-0.15, -0.1) is 0 Å². The smallest absolute Gasteiger partial charge is 0.472 e. The molecule has 0 radical (unpaired) electrons. The van der Waals surface area contributed by atoms with Crippen LogP contribution in [0, 0.1) is 0 Å². The molecule has 0 amide bonds. The van der Waals surface area contributed by atoms with Gasteiger partial charge in [-0.1, -0.05) is 206 Å². The van der Waals surface area contributed by atoms with E-state index in [0.717, 1.165) is 38.5 Å². The van der Waals surface area contributed by atoms with Crippen molar-refractivity contribution in [3.05, 3.63) is 0 Å². The maximum Gasteiger partial charge on any atom is 0.472 e. The van der Waals surface area contributed by atoms with Crippen LogP contribution in [-0.4, -0.2) is 59.9 Å². The van der Waals surface area contributed by atoms with Crippen molar-refractivity contribution in [2.24, 2.45) is 5.73 Å². The van der Waals surface area contributed by atoms with Crippen LogP contribution in [0.2, 0.25) is 0 Å². The zero-order valence-corrected chi connectivity index (χ0v) is 36.9. The van der Waals surface area contributed by atoms with E-state index in [9.17, 15) is 23.8 Å². The zero-order valence-electron chi connectivity index (χ0n) is 36.0. The van der Waals surface area contributed by atoms with Gasteiger partial charge in [0.25, 0.3) is 0 Å². The second-order valence-corrected chi connectivity index (χ2v) is 17.4. The molecule has 56 heavy (non-hydrogen) atoms. The first-order chi connectivity index (χ1) is 27.1. The molecule has 0 heterocycles. The summed E-state index contributed by atoms with van der Waals surface area (Å²) in [5.74, 6) is -2.36. The number of carbonyl (C=O) groups is 3. The minimum atomic E-state index is -4.71. The van der Waals surface area contributed by atoms with Crippen molar-refractivity contribution in [3.63, 3.8) is 0 Å². The van der Waals surface area contributed by atoms with Crippen molar-refractivity contribution in [3.8, 4) is 0 Å². The Bertz CT molecular complexity index is 968. The van der Waals surface area contributed by atoms with Crippen molar-refractivity contribution < 1.29 is 47.5 Å². The maximum absolute atomic E-state index is 12.6.